The largest absolute Gasteiger partial charge is 0.329 e. The van der Waals surface area contributed by atoms with Crippen LogP contribution in [-0.2, 0) is 4.79 Å². The summed E-state index contributed by atoms with van der Waals surface area (Å²) < 4.78 is 2.06. The van der Waals surface area contributed by atoms with Gasteiger partial charge in [-0.1, -0.05) is 24.8 Å². The molecular formula is C17H15N3O. The minimum absolute atomic E-state index is 0.000411. The maximum Gasteiger partial charge on any atom is 0.247 e. The van der Waals surface area contributed by atoms with E-state index in [1.54, 1.807) is 6.20 Å². The highest BCUT2D eigenvalue weighted by atomic mass is 16.2. The third-order valence-corrected chi connectivity index (χ3v) is 4.10. The number of carbonyl (C=O) groups excluding carboxylic acids is 1. The quantitative estimate of drug-likeness (QED) is 0.742. The summed E-state index contributed by atoms with van der Waals surface area (Å²) in [7, 11) is 0. The highest BCUT2D eigenvalue weighted by molar-refractivity contribution is 6.07. The molecule has 1 fully saturated rings. The number of nitrogens with one attached hydrogen (secondary N) is 1. The Kier molecular flexibility index (Phi) is 2.57. The number of pyridine rings is 1. The highest BCUT2D eigenvalue weighted by Crippen LogP contribution is 2.33. The Morgan fingerprint density at radius 3 is 2.86 bits per heavy atom. The van der Waals surface area contributed by atoms with E-state index in [2.05, 4.69) is 33.6 Å². The first-order valence-electron chi connectivity index (χ1n) is 7.08. The SMILES string of the molecule is C=C1CCC(n2c3ccccc3c3cccnc32)C(=O)N1. The van der Waals surface area contributed by atoms with Crippen LogP contribution in [0.1, 0.15) is 18.9 Å². The second-order valence-corrected chi connectivity index (χ2v) is 5.41. The first kappa shape index (κ1) is 12.1. The van der Waals surface area contributed by atoms with Crippen LogP contribution in [0.2, 0.25) is 0 Å². The lowest BCUT2D eigenvalue weighted by Crippen LogP contribution is -2.36. The van der Waals surface area contributed by atoms with E-state index in [-0.39, 0.29) is 11.9 Å². The van der Waals surface area contributed by atoms with E-state index in [1.165, 1.54) is 0 Å². The molecule has 1 atom stereocenters. The summed E-state index contributed by atoms with van der Waals surface area (Å²) in [5.41, 5.74) is 2.72. The number of hydrogen-bond acceptors (Lipinski definition) is 2. The van der Waals surface area contributed by atoms with Crippen LogP contribution in [-0.4, -0.2) is 15.5 Å². The van der Waals surface area contributed by atoms with Crippen molar-refractivity contribution < 1.29 is 4.79 Å². The fourth-order valence-electron chi connectivity index (χ4n) is 3.15. The Morgan fingerprint density at radius 1 is 1.19 bits per heavy atom. The molecule has 4 nitrogen and oxygen atoms in total. The highest BCUT2D eigenvalue weighted by Gasteiger charge is 2.28. The summed E-state index contributed by atoms with van der Waals surface area (Å²) in [6, 6.07) is 11.9. The monoisotopic (exact) mass is 277 g/mol. The van der Waals surface area contributed by atoms with Crippen LogP contribution in [0.3, 0.4) is 0 Å². The summed E-state index contributed by atoms with van der Waals surface area (Å²) in [4.78, 5) is 16.9. The number of fused-ring (bicyclic) bond motifs is 3. The zero-order valence-corrected chi connectivity index (χ0v) is 11.5. The fourth-order valence-corrected chi connectivity index (χ4v) is 3.15. The number of allylic oxidation sites excluding steroid dienone is 1. The minimum atomic E-state index is -0.229. The smallest absolute Gasteiger partial charge is 0.247 e. The summed E-state index contributed by atoms with van der Waals surface area (Å²) in [6.45, 7) is 3.85. The first-order chi connectivity index (χ1) is 10.3. The van der Waals surface area contributed by atoms with Crippen molar-refractivity contribution in [1.29, 1.82) is 0 Å². The number of rotatable bonds is 1. The number of carbonyl (C=O) groups is 1. The van der Waals surface area contributed by atoms with Crippen molar-refractivity contribution >= 4 is 27.8 Å². The Balaban J connectivity index is 2.02. The number of para-hydroxylation sites is 1. The summed E-state index contributed by atoms with van der Waals surface area (Å²) in [6.07, 6.45) is 3.34. The van der Waals surface area contributed by atoms with E-state index < -0.39 is 0 Å². The van der Waals surface area contributed by atoms with Gasteiger partial charge in [0.05, 0.1) is 5.52 Å². The predicted octanol–water partition coefficient (Wildman–Crippen LogP) is 3.15. The van der Waals surface area contributed by atoms with Gasteiger partial charge in [-0.25, -0.2) is 4.98 Å². The summed E-state index contributed by atoms with van der Waals surface area (Å²) in [5.74, 6) is -0.000411. The molecule has 1 N–H and O–H groups in total. The second-order valence-electron chi connectivity index (χ2n) is 5.41. The molecule has 0 bridgehead atoms. The number of benzene rings is 1. The Hall–Kier alpha value is -2.62. The standard InChI is InChI=1S/C17H15N3O/c1-11-8-9-15(17(21)19-11)20-14-7-3-2-5-12(14)13-6-4-10-18-16(13)20/h2-7,10,15H,1,8-9H2,(H,19,21). The normalized spacial score (nSPS) is 19.1. The van der Waals surface area contributed by atoms with Crippen molar-refractivity contribution in [2.24, 2.45) is 0 Å². The van der Waals surface area contributed by atoms with E-state index >= 15 is 0 Å². The lowest BCUT2D eigenvalue weighted by Gasteiger charge is -2.25. The van der Waals surface area contributed by atoms with Crippen molar-refractivity contribution in [2.45, 2.75) is 18.9 Å². The molecule has 4 rings (SSSR count). The van der Waals surface area contributed by atoms with Gasteiger partial charge in [0.25, 0.3) is 0 Å². The van der Waals surface area contributed by atoms with Gasteiger partial charge in [0.15, 0.2) is 0 Å². The molecule has 0 aliphatic carbocycles. The minimum Gasteiger partial charge on any atom is -0.329 e. The zero-order chi connectivity index (χ0) is 14.4. The van der Waals surface area contributed by atoms with Crippen LogP contribution >= 0.6 is 0 Å². The molecular weight excluding hydrogens is 262 g/mol. The van der Waals surface area contributed by atoms with E-state index in [0.29, 0.717) is 0 Å². The number of hydrogen-bond donors (Lipinski definition) is 1. The van der Waals surface area contributed by atoms with Gasteiger partial charge in [-0.15, -0.1) is 0 Å². The first-order valence-corrected chi connectivity index (χ1v) is 7.08. The van der Waals surface area contributed by atoms with Gasteiger partial charge < -0.3 is 9.88 Å². The van der Waals surface area contributed by atoms with Gasteiger partial charge >= 0.3 is 0 Å². The fraction of sp³-hybridized carbons (Fsp3) is 0.176. The number of amides is 1. The Morgan fingerprint density at radius 2 is 2.00 bits per heavy atom. The van der Waals surface area contributed by atoms with Gasteiger partial charge in [-0.3, -0.25) is 4.79 Å². The van der Waals surface area contributed by atoms with Crippen molar-refractivity contribution in [3.8, 4) is 0 Å². The van der Waals surface area contributed by atoms with Crippen LogP contribution < -0.4 is 5.32 Å². The molecule has 4 heteroatoms. The third-order valence-electron chi connectivity index (χ3n) is 4.10. The molecule has 21 heavy (non-hydrogen) atoms. The van der Waals surface area contributed by atoms with Gasteiger partial charge in [-0.2, -0.15) is 0 Å². The van der Waals surface area contributed by atoms with Crippen LogP contribution in [0, 0.1) is 0 Å². The number of aromatic nitrogens is 2. The molecule has 2 aromatic heterocycles. The molecule has 3 heterocycles. The van der Waals surface area contributed by atoms with Crippen LogP contribution in [0.5, 0.6) is 0 Å². The lowest BCUT2D eigenvalue weighted by atomic mass is 10.0. The van der Waals surface area contributed by atoms with E-state index in [9.17, 15) is 4.79 Å². The molecule has 1 aliphatic heterocycles. The number of piperidine rings is 1. The molecule has 0 saturated carbocycles. The van der Waals surface area contributed by atoms with E-state index in [0.717, 1.165) is 40.5 Å². The van der Waals surface area contributed by atoms with Crippen molar-refractivity contribution in [3.63, 3.8) is 0 Å². The summed E-state index contributed by atoms with van der Waals surface area (Å²) in [5, 5.41) is 5.09. The molecule has 3 aromatic rings. The molecule has 104 valence electrons. The van der Waals surface area contributed by atoms with E-state index in [4.69, 9.17) is 0 Å². The van der Waals surface area contributed by atoms with Crippen LogP contribution in [0.4, 0.5) is 0 Å². The van der Waals surface area contributed by atoms with E-state index in [1.807, 2.05) is 24.3 Å². The van der Waals surface area contributed by atoms with Crippen LogP contribution in [0.25, 0.3) is 21.9 Å². The average molecular weight is 277 g/mol. The Bertz CT molecular complexity index is 825. The molecule has 0 spiro atoms. The van der Waals surface area contributed by atoms with Gasteiger partial charge in [0.1, 0.15) is 11.7 Å². The molecule has 1 unspecified atom stereocenters. The second kappa shape index (κ2) is 4.45. The zero-order valence-electron chi connectivity index (χ0n) is 11.5. The predicted molar refractivity (Wildman–Crippen MR) is 82.8 cm³/mol. The van der Waals surface area contributed by atoms with Gasteiger partial charge in [0.2, 0.25) is 5.91 Å². The maximum atomic E-state index is 12.4. The van der Waals surface area contributed by atoms with Crippen molar-refractivity contribution in [1.82, 2.24) is 14.9 Å². The molecule has 0 radical (unpaired) electrons. The molecule has 1 aromatic carbocycles. The number of nitrogens with zero attached hydrogens (tertiary/aromatic N) is 2. The van der Waals surface area contributed by atoms with Gasteiger partial charge in [-0.05, 0) is 31.0 Å². The average Bonchev–Trinajstić information content (AvgIpc) is 2.82. The molecule has 1 amide bonds. The third kappa shape index (κ3) is 1.76. The van der Waals surface area contributed by atoms with Crippen molar-refractivity contribution in [3.05, 3.63) is 54.9 Å². The van der Waals surface area contributed by atoms with Crippen molar-refractivity contribution in [2.75, 3.05) is 0 Å². The molecule has 1 aliphatic rings. The molecule has 1 saturated heterocycles. The maximum absolute atomic E-state index is 12.4. The Labute approximate surface area is 122 Å². The lowest BCUT2D eigenvalue weighted by molar-refractivity contribution is -0.124. The van der Waals surface area contributed by atoms with Crippen LogP contribution in [0.15, 0.2) is 54.9 Å². The van der Waals surface area contributed by atoms with Gasteiger partial charge in [0, 0.05) is 22.7 Å². The summed E-state index contributed by atoms with van der Waals surface area (Å²) >= 11 is 0. The topological polar surface area (TPSA) is 46.9 Å².